The SMILES string of the molecule is CC1(C)COC2(C=CC(=C=C(c3ccccc3)c3ccccc3)C=C2)O1. The molecule has 0 radical (unpaired) electrons. The molecule has 2 nitrogen and oxygen atoms in total. The smallest absolute Gasteiger partial charge is 0.209 e. The molecule has 2 aliphatic rings. The summed E-state index contributed by atoms with van der Waals surface area (Å²) < 4.78 is 11.9. The number of allylic oxidation sites excluding steroid dienone is 3. The van der Waals surface area contributed by atoms with E-state index in [1.54, 1.807) is 0 Å². The van der Waals surface area contributed by atoms with Crippen molar-refractivity contribution in [3.63, 3.8) is 0 Å². The molecular weight excluding hydrogens is 320 g/mol. The van der Waals surface area contributed by atoms with Gasteiger partial charge in [0.2, 0.25) is 5.79 Å². The summed E-state index contributed by atoms with van der Waals surface area (Å²) in [6, 6.07) is 20.7. The minimum atomic E-state index is -0.742. The van der Waals surface area contributed by atoms with E-state index >= 15 is 0 Å². The first kappa shape index (κ1) is 16.8. The highest BCUT2D eigenvalue weighted by Gasteiger charge is 2.42. The van der Waals surface area contributed by atoms with Crippen molar-refractivity contribution in [2.75, 3.05) is 6.61 Å². The summed E-state index contributed by atoms with van der Waals surface area (Å²) in [5.41, 5.74) is 7.64. The van der Waals surface area contributed by atoms with Crippen LogP contribution in [-0.2, 0) is 9.47 Å². The number of benzene rings is 2. The van der Waals surface area contributed by atoms with Gasteiger partial charge in [0.05, 0.1) is 12.2 Å². The van der Waals surface area contributed by atoms with Gasteiger partial charge in [0.15, 0.2) is 0 Å². The Morgan fingerprint density at radius 2 is 1.38 bits per heavy atom. The monoisotopic (exact) mass is 342 g/mol. The van der Waals surface area contributed by atoms with Crippen LogP contribution in [-0.4, -0.2) is 18.0 Å². The molecule has 1 aliphatic heterocycles. The first-order chi connectivity index (χ1) is 12.6. The van der Waals surface area contributed by atoms with Crippen LogP contribution in [0.3, 0.4) is 0 Å². The minimum Gasteiger partial charge on any atom is -0.340 e. The summed E-state index contributed by atoms with van der Waals surface area (Å²) in [6.45, 7) is 4.66. The first-order valence-electron chi connectivity index (χ1n) is 8.90. The highest BCUT2D eigenvalue weighted by atomic mass is 16.8. The number of hydrogen-bond acceptors (Lipinski definition) is 2. The molecule has 0 amide bonds. The highest BCUT2D eigenvalue weighted by molar-refractivity contribution is 5.80. The van der Waals surface area contributed by atoms with E-state index in [4.69, 9.17) is 9.47 Å². The van der Waals surface area contributed by atoms with E-state index in [1.165, 1.54) is 0 Å². The molecule has 4 rings (SSSR count). The summed E-state index contributed by atoms with van der Waals surface area (Å²) >= 11 is 0. The van der Waals surface area contributed by atoms with Crippen LogP contribution in [0.25, 0.3) is 5.57 Å². The van der Waals surface area contributed by atoms with Gasteiger partial charge in [0.1, 0.15) is 0 Å². The minimum absolute atomic E-state index is 0.273. The van der Waals surface area contributed by atoms with Crippen molar-refractivity contribution < 1.29 is 9.47 Å². The Hall–Kier alpha value is -2.64. The molecule has 0 N–H and O–H groups in total. The second kappa shape index (κ2) is 6.59. The Kier molecular flexibility index (Phi) is 4.26. The van der Waals surface area contributed by atoms with Crippen molar-refractivity contribution in [3.8, 4) is 0 Å². The molecule has 1 aliphatic carbocycles. The van der Waals surface area contributed by atoms with Crippen molar-refractivity contribution in [1.82, 2.24) is 0 Å². The Morgan fingerprint density at radius 3 is 1.85 bits per heavy atom. The maximum Gasteiger partial charge on any atom is 0.209 e. The fourth-order valence-corrected chi connectivity index (χ4v) is 3.21. The quantitative estimate of drug-likeness (QED) is 0.690. The second-order valence-electron chi connectivity index (χ2n) is 7.23. The van der Waals surface area contributed by atoms with Crippen LogP contribution < -0.4 is 0 Å². The van der Waals surface area contributed by atoms with Crippen LogP contribution in [0.2, 0.25) is 0 Å². The second-order valence-corrected chi connectivity index (χ2v) is 7.23. The van der Waals surface area contributed by atoms with E-state index in [0.717, 1.165) is 22.3 Å². The van der Waals surface area contributed by atoms with Gasteiger partial charge in [0.25, 0.3) is 0 Å². The average molecular weight is 342 g/mol. The van der Waals surface area contributed by atoms with Crippen LogP contribution in [0.4, 0.5) is 0 Å². The summed E-state index contributed by atoms with van der Waals surface area (Å²) in [5.74, 6) is -0.742. The van der Waals surface area contributed by atoms with Gasteiger partial charge in [-0.1, -0.05) is 60.7 Å². The van der Waals surface area contributed by atoms with Crippen molar-refractivity contribution >= 4 is 5.57 Å². The molecule has 1 spiro atoms. The lowest BCUT2D eigenvalue weighted by Crippen LogP contribution is -2.30. The lowest BCUT2D eigenvalue weighted by atomic mass is 9.96. The molecule has 0 atom stereocenters. The van der Waals surface area contributed by atoms with Crippen LogP contribution in [0, 0.1) is 0 Å². The summed E-state index contributed by atoms with van der Waals surface area (Å²) in [6.07, 6.45) is 7.98. The van der Waals surface area contributed by atoms with Gasteiger partial charge < -0.3 is 9.47 Å². The largest absolute Gasteiger partial charge is 0.340 e. The zero-order chi connectivity index (χ0) is 18.0. The van der Waals surface area contributed by atoms with Crippen LogP contribution in [0.1, 0.15) is 25.0 Å². The van der Waals surface area contributed by atoms with E-state index in [2.05, 4.69) is 54.3 Å². The summed E-state index contributed by atoms with van der Waals surface area (Å²) in [7, 11) is 0. The van der Waals surface area contributed by atoms with E-state index in [0.29, 0.717) is 6.61 Å². The van der Waals surface area contributed by atoms with Gasteiger partial charge in [-0.2, -0.15) is 0 Å². The number of ether oxygens (including phenoxy) is 2. The van der Waals surface area contributed by atoms with Gasteiger partial charge in [-0.3, -0.25) is 0 Å². The lowest BCUT2D eigenvalue weighted by molar-refractivity contribution is -0.108. The van der Waals surface area contributed by atoms with E-state index < -0.39 is 5.79 Å². The van der Waals surface area contributed by atoms with Gasteiger partial charge in [0, 0.05) is 11.1 Å². The van der Waals surface area contributed by atoms with Gasteiger partial charge in [-0.15, -0.1) is 5.73 Å². The topological polar surface area (TPSA) is 18.5 Å². The van der Waals surface area contributed by atoms with Crippen LogP contribution in [0.5, 0.6) is 0 Å². The predicted octanol–water partition coefficient (Wildman–Crippen LogP) is 5.29. The van der Waals surface area contributed by atoms with Crippen LogP contribution >= 0.6 is 0 Å². The molecule has 1 saturated heterocycles. The molecule has 0 aromatic heterocycles. The molecule has 2 heteroatoms. The molecule has 1 fully saturated rings. The van der Waals surface area contributed by atoms with E-state index in [-0.39, 0.29) is 5.60 Å². The van der Waals surface area contributed by atoms with Crippen molar-refractivity contribution in [1.29, 1.82) is 0 Å². The Bertz CT molecular complexity index is 854. The van der Waals surface area contributed by atoms with Crippen molar-refractivity contribution in [3.05, 3.63) is 107 Å². The molecule has 2 aromatic rings. The maximum atomic E-state index is 6.06. The maximum absolute atomic E-state index is 6.06. The molecule has 1 heterocycles. The standard InChI is InChI=1S/C24H22O2/c1-23(2)18-25-24(26-23)15-13-19(14-16-24)17-22(20-9-5-3-6-10-20)21-11-7-4-8-12-21/h3-16H,18H2,1-2H3. The van der Waals surface area contributed by atoms with Gasteiger partial charge >= 0.3 is 0 Å². The third kappa shape index (κ3) is 3.49. The third-order valence-corrected chi connectivity index (χ3v) is 4.47. The summed E-state index contributed by atoms with van der Waals surface area (Å²) in [5, 5.41) is 0. The van der Waals surface area contributed by atoms with Gasteiger partial charge in [-0.05, 0) is 49.3 Å². The fourth-order valence-electron chi connectivity index (χ4n) is 3.21. The molecule has 26 heavy (non-hydrogen) atoms. The lowest BCUT2D eigenvalue weighted by Gasteiger charge is -2.25. The summed E-state index contributed by atoms with van der Waals surface area (Å²) in [4.78, 5) is 0. The molecule has 0 saturated carbocycles. The zero-order valence-corrected chi connectivity index (χ0v) is 15.1. The fraction of sp³-hybridized carbons (Fsp3) is 0.208. The molecule has 130 valence electrons. The van der Waals surface area contributed by atoms with Crippen molar-refractivity contribution in [2.24, 2.45) is 0 Å². The van der Waals surface area contributed by atoms with E-state index in [9.17, 15) is 0 Å². The van der Waals surface area contributed by atoms with Crippen LogP contribution in [0.15, 0.2) is 96.3 Å². The third-order valence-electron chi connectivity index (χ3n) is 4.47. The van der Waals surface area contributed by atoms with E-state index in [1.807, 2.05) is 50.3 Å². The molecule has 0 unspecified atom stereocenters. The number of rotatable bonds is 2. The molecule has 0 bridgehead atoms. The zero-order valence-electron chi connectivity index (χ0n) is 15.1. The Labute approximate surface area is 154 Å². The highest BCUT2D eigenvalue weighted by Crippen LogP contribution is 2.36. The number of hydrogen-bond donors (Lipinski definition) is 0. The predicted molar refractivity (Wildman–Crippen MR) is 105 cm³/mol. The Balaban J connectivity index is 1.75. The van der Waals surface area contributed by atoms with Gasteiger partial charge in [-0.25, -0.2) is 0 Å². The first-order valence-corrected chi connectivity index (χ1v) is 8.90. The average Bonchev–Trinajstić information content (AvgIpc) is 2.97. The normalized spacial score (nSPS) is 23.2. The Morgan fingerprint density at radius 1 is 0.846 bits per heavy atom. The molecule has 2 aromatic carbocycles. The molecular formula is C24H22O2. The van der Waals surface area contributed by atoms with Crippen molar-refractivity contribution in [2.45, 2.75) is 25.2 Å².